The number of methoxy groups -OCH3 is 1. The average Bonchev–Trinajstić information content (AvgIpc) is 2.86. The number of nitrogens with one attached hydrogen (secondary N) is 2. The molecule has 0 aliphatic rings. The van der Waals surface area contributed by atoms with Crippen LogP contribution < -0.4 is 25.0 Å². The van der Waals surface area contributed by atoms with Gasteiger partial charge in [-0.15, -0.1) is 0 Å². The zero-order valence-corrected chi connectivity index (χ0v) is 21.4. The van der Waals surface area contributed by atoms with E-state index in [4.69, 9.17) is 37.4 Å². The van der Waals surface area contributed by atoms with Gasteiger partial charge in [0.15, 0.2) is 18.1 Å². The summed E-state index contributed by atoms with van der Waals surface area (Å²) >= 11 is 12.3. The molecular formula is C26H25Cl2N3O5. The number of benzene rings is 3. The highest BCUT2D eigenvalue weighted by Gasteiger charge is 2.11. The van der Waals surface area contributed by atoms with Gasteiger partial charge in [0.25, 0.3) is 11.8 Å². The third-order valence-electron chi connectivity index (χ3n) is 4.88. The molecule has 188 valence electrons. The van der Waals surface area contributed by atoms with Crippen molar-refractivity contribution in [3.63, 3.8) is 0 Å². The maximum Gasteiger partial charge on any atom is 0.271 e. The van der Waals surface area contributed by atoms with Crippen molar-refractivity contribution in [2.24, 2.45) is 5.10 Å². The fraction of sp³-hybridized carbons (Fsp3) is 0.192. The van der Waals surface area contributed by atoms with Gasteiger partial charge in [-0.3, -0.25) is 9.59 Å². The first-order valence-corrected chi connectivity index (χ1v) is 11.7. The number of rotatable bonds is 10. The van der Waals surface area contributed by atoms with Crippen LogP contribution in [0.25, 0.3) is 0 Å². The number of hydrogen-bond donors (Lipinski definition) is 2. The highest BCUT2D eigenvalue weighted by Crippen LogP contribution is 2.28. The van der Waals surface area contributed by atoms with Gasteiger partial charge in [0, 0.05) is 16.3 Å². The van der Waals surface area contributed by atoms with Gasteiger partial charge in [-0.1, -0.05) is 29.3 Å². The Labute approximate surface area is 219 Å². The SMILES string of the molecule is CCOc1ccc(C(=O)N/N=C/c2ccc(OCC(=O)Nc3ccc(C)c(Cl)c3)c(Cl)c2)cc1OC. The highest BCUT2D eigenvalue weighted by molar-refractivity contribution is 6.32. The Morgan fingerprint density at radius 1 is 0.944 bits per heavy atom. The van der Waals surface area contributed by atoms with E-state index < -0.39 is 5.91 Å². The van der Waals surface area contributed by atoms with Crippen molar-refractivity contribution in [1.82, 2.24) is 5.43 Å². The van der Waals surface area contributed by atoms with Gasteiger partial charge in [-0.25, -0.2) is 5.43 Å². The minimum absolute atomic E-state index is 0.236. The number of halogens is 2. The predicted molar refractivity (Wildman–Crippen MR) is 141 cm³/mol. The first-order chi connectivity index (χ1) is 17.3. The summed E-state index contributed by atoms with van der Waals surface area (Å²) in [5, 5.41) is 7.52. The minimum atomic E-state index is -0.417. The molecule has 2 N–H and O–H groups in total. The second-order valence-corrected chi connectivity index (χ2v) is 8.30. The summed E-state index contributed by atoms with van der Waals surface area (Å²) < 4.78 is 16.2. The molecule has 0 bridgehead atoms. The Morgan fingerprint density at radius 3 is 2.42 bits per heavy atom. The van der Waals surface area contributed by atoms with Crippen molar-refractivity contribution in [2.45, 2.75) is 13.8 Å². The number of hydrogen-bond acceptors (Lipinski definition) is 6. The van der Waals surface area contributed by atoms with E-state index in [0.29, 0.717) is 45.7 Å². The number of ether oxygens (including phenoxy) is 3. The molecule has 36 heavy (non-hydrogen) atoms. The maximum absolute atomic E-state index is 12.4. The molecule has 0 heterocycles. The van der Waals surface area contributed by atoms with E-state index in [0.717, 1.165) is 5.56 Å². The fourth-order valence-corrected chi connectivity index (χ4v) is 3.46. The van der Waals surface area contributed by atoms with E-state index in [1.807, 2.05) is 19.9 Å². The van der Waals surface area contributed by atoms with Crippen molar-refractivity contribution in [3.05, 3.63) is 81.3 Å². The van der Waals surface area contributed by atoms with Gasteiger partial charge >= 0.3 is 0 Å². The molecular weight excluding hydrogens is 505 g/mol. The van der Waals surface area contributed by atoms with E-state index >= 15 is 0 Å². The third kappa shape index (κ3) is 7.37. The molecule has 0 unspecified atom stereocenters. The molecule has 0 saturated carbocycles. The lowest BCUT2D eigenvalue weighted by Crippen LogP contribution is -2.20. The van der Waals surface area contributed by atoms with Crippen LogP contribution in [0.3, 0.4) is 0 Å². The summed E-state index contributed by atoms with van der Waals surface area (Å²) in [6.07, 6.45) is 1.44. The number of anilines is 1. The smallest absolute Gasteiger partial charge is 0.271 e. The number of hydrazone groups is 1. The maximum atomic E-state index is 12.4. The summed E-state index contributed by atoms with van der Waals surface area (Å²) in [5.41, 5.74) is 4.92. The lowest BCUT2D eigenvalue weighted by atomic mass is 10.2. The summed E-state index contributed by atoms with van der Waals surface area (Å²) in [6.45, 7) is 3.98. The fourth-order valence-electron chi connectivity index (χ4n) is 3.04. The number of carbonyl (C=O) groups excluding carboxylic acids is 2. The second kappa shape index (κ2) is 12.8. The topological polar surface area (TPSA) is 98.3 Å². The predicted octanol–water partition coefficient (Wildman–Crippen LogP) is 5.49. The van der Waals surface area contributed by atoms with E-state index in [9.17, 15) is 9.59 Å². The Morgan fingerprint density at radius 2 is 1.72 bits per heavy atom. The van der Waals surface area contributed by atoms with Crippen LogP contribution in [0, 0.1) is 6.92 Å². The number of nitrogens with zero attached hydrogens (tertiary/aromatic N) is 1. The van der Waals surface area contributed by atoms with E-state index in [1.54, 1.807) is 48.5 Å². The van der Waals surface area contributed by atoms with Gasteiger partial charge in [0.2, 0.25) is 0 Å². The van der Waals surface area contributed by atoms with Gasteiger partial charge in [-0.2, -0.15) is 5.10 Å². The molecule has 0 spiro atoms. The van der Waals surface area contributed by atoms with Crippen molar-refractivity contribution >= 4 is 46.9 Å². The summed E-state index contributed by atoms with van der Waals surface area (Å²) in [7, 11) is 1.50. The first kappa shape index (κ1) is 26.8. The summed E-state index contributed by atoms with van der Waals surface area (Å²) in [6, 6.07) is 15.0. The Balaban J connectivity index is 1.54. The van der Waals surface area contributed by atoms with Crippen LogP contribution in [0.15, 0.2) is 59.7 Å². The standard InChI is InChI=1S/C26H25Cl2N3O5/c1-4-35-23-10-7-18(12-24(23)34-3)26(33)31-29-14-17-6-9-22(21(28)11-17)36-15-25(32)30-19-8-5-16(2)20(27)13-19/h5-14H,4,15H2,1-3H3,(H,30,32)(H,31,33)/b29-14+. The largest absolute Gasteiger partial charge is 0.493 e. The molecule has 3 aromatic carbocycles. The van der Waals surface area contributed by atoms with Crippen LogP contribution in [0.5, 0.6) is 17.2 Å². The zero-order valence-electron chi connectivity index (χ0n) is 19.9. The van der Waals surface area contributed by atoms with E-state index in [1.165, 1.54) is 13.3 Å². The number of amides is 2. The molecule has 3 rings (SSSR count). The molecule has 0 atom stereocenters. The van der Waals surface area contributed by atoms with Crippen molar-refractivity contribution < 1.29 is 23.8 Å². The molecule has 0 aromatic heterocycles. The second-order valence-electron chi connectivity index (χ2n) is 7.49. The van der Waals surface area contributed by atoms with Gasteiger partial charge in [-0.05, 0) is 73.5 Å². The highest BCUT2D eigenvalue weighted by atomic mass is 35.5. The van der Waals surface area contributed by atoms with Gasteiger partial charge in [0.05, 0.1) is 25.0 Å². The lowest BCUT2D eigenvalue weighted by Gasteiger charge is -2.10. The first-order valence-electron chi connectivity index (χ1n) is 10.9. The molecule has 0 aliphatic heterocycles. The Hall–Kier alpha value is -3.75. The van der Waals surface area contributed by atoms with Crippen molar-refractivity contribution in [2.75, 3.05) is 25.6 Å². The van der Waals surface area contributed by atoms with Crippen LogP contribution in [0.1, 0.15) is 28.4 Å². The number of carbonyl (C=O) groups is 2. The van der Waals surface area contributed by atoms with Crippen LogP contribution in [-0.4, -0.2) is 38.4 Å². The zero-order chi connectivity index (χ0) is 26.1. The molecule has 0 fully saturated rings. The third-order valence-corrected chi connectivity index (χ3v) is 5.58. The molecule has 0 aliphatic carbocycles. The Bertz CT molecular complexity index is 1280. The summed E-state index contributed by atoms with van der Waals surface area (Å²) in [5.74, 6) is 0.558. The number of aryl methyl sites for hydroxylation is 1. The van der Waals surface area contributed by atoms with Gasteiger partial charge < -0.3 is 19.5 Å². The van der Waals surface area contributed by atoms with Gasteiger partial charge in [0.1, 0.15) is 5.75 Å². The monoisotopic (exact) mass is 529 g/mol. The molecule has 8 nitrogen and oxygen atoms in total. The molecule has 3 aromatic rings. The normalized spacial score (nSPS) is 10.7. The van der Waals surface area contributed by atoms with E-state index in [-0.39, 0.29) is 17.5 Å². The molecule has 10 heteroatoms. The van der Waals surface area contributed by atoms with Crippen LogP contribution >= 0.6 is 23.2 Å². The van der Waals surface area contributed by atoms with E-state index in [2.05, 4.69) is 15.8 Å². The van der Waals surface area contributed by atoms with Crippen molar-refractivity contribution in [3.8, 4) is 17.2 Å². The van der Waals surface area contributed by atoms with Crippen LogP contribution in [-0.2, 0) is 4.79 Å². The quantitative estimate of drug-likeness (QED) is 0.267. The van der Waals surface area contributed by atoms with Crippen molar-refractivity contribution in [1.29, 1.82) is 0 Å². The molecule has 0 saturated heterocycles. The minimum Gasteiger partial charge on any atom is -0.493 e. The summed E-state index contributed by atoms with van der Waals surface area (Å²) in [4.78, 5) is 24.6. The average molecular weight is 530 g/mol. The van der Waals surface area contributed by atoms with Crippen LogP contribution in [0.4, 0.5) is 5.69 Å². The molecule has 2 amide bonds. The molecule has 0 radical (unpaired) electrons. The Kier molecular flexibility index (Phi) is 9.55. The van der Waals surface area contributed by atoms with Crippen LogP contribution in [0.2, 0.25) is 10.0 Å². The lowest BCUT2D eigenvalue weighted by molar-refractivity contribution is -0.118.